The summed E-state index contributed by atoms with van der Waals surface area (Å²) in [5.74, 6) is 3.30. The molecule has 2 aromatic rings. The molecule has 0 aliphatic carbocycles. The van der Waals surface area contributed by atoms with E-state index in [9.17, 15) is 4.79 Å². The van der Waals surface area contributed by atoms with Crippen molar-refractivity contribution in [2.75, 3.05) is 41.5 Å². The molecule has 2 rings (SSSR count). The van der Waals surface area contributed by atoms with E-state index in [0.29, 0.717) is 18.1 Å². The Bertz CT molecular complexity index is 868. The number of carbonyl (C=O) groups is 1. The van der Waals surface area contributed by atoms with Gasteiger partial charge in [0, 0.05) is 13.0 Å². The Kier molecular flexibility index (Phi) is 11.0. The molecule has 1 atom stereocenters. The highest BCUT2D eigenvalue weighted by Gasteiger charge is 2.18. The summed E-state index contributed by atoms with van der Waals surface area (Å²) in [6.45, 7) is 6.32. The third kappa shape index (κ3) is 8.28. The first-order valence-electron chi connectivity index (χ1n) is 11.6. The molecule has 33 heavy (non-hydrogen) atoms. The lowest BCUT2D eigenvalue weighted by atomic mass is 10.0. The van der Waals surface area contributed by atoms with Gasteiger partial charge in [-0.1, -0.05) is 26.0 Å². The van der Waals surface area contributed by atoms with Gasteiger partial charge in [0.15, 0.2) is 23.0 Å². The molecule has 6 heteroatoms. The van der Waals surface area contributed by atoms with Crippen LogP contribution in [-0.2, 0) is 17.6 Å². The first-order valence-corrected chi connectivity index (χ1v) is 11.6. The number of aldehydes is 1. The average molecular weight is 458 g/mol. The molecule has 0 aliphatic rings. The first kappa shape index (κ1) is 26.5. The van der Waals surface area contributed by atoms with E-state index in [1.165, 1.54) is 5.56 Å². The Morgan fingerprint density at radius 1 is 0.848 bits per heavy atom. The van der Waals surface area contributed by atoms with Crippen LogP contribution in [0.25, 0.3) is 0 Å². The van der Waals surface area contributed by atoms with Gasteiger partial charge in [-0.25, -0.2) is 0 Å². The normalized spacial score (nSPS) is 12.0. The van der Waals surface area contributed by atoms with Crippen molar-refractivity contribution < 1.29 is 23.7 Å². The second kappa shape index (κ2) is 13.7. The number of carbonyl (C=O) groups excluding carboxylic acids is 1. The minimum Gasteiger partial charge on any atom is -0.493 e. The van der Waals surface area contributed by atoms with Crippen LogP contribution < -0.4 is 18.9 Å². The Labute approximate surface area is 198 Å². The predicted molar refractivity (Wildman–Crippen MR) is 132 cm³/mol. The molecular formula is C27H39NO5. The van der Waals surface area contributed by atoms with Gasteiger partial charge in [-0.3, -0.25) is 0 Å². The molecule has 6 nitrogen and oxygen atoms in total. The van der Waals surface area contributed by atoms with Crippen LogP contribution in [0.1, 0.15) is 37.8 Å². The van der Waals surface area contributed by atoms with E-state index < -0.39 is 0 Å². The lowest BCUT2D eigenvalue weighted by Crippen LogP contribution is -2.27. The molecule has 0 aromatic heterocycles. The van der Waals surface area contributed by atoms with Crippen LogP contribution in [0, 0.1) is 5.92 Å². The van der Waals surface area contributed by atoms with Gasteiger partial charge < -0.3 is 28.6 Å². The van der Waals surface area contributed by atoms with Crippen molar-refractivity contribution in [3.8, 4) is 23.0 Å². The summed E-state index contributed by atoms with van der Waals surface area (Å²) in [6.07, 6.45) is 4.31. The zero-order valence-corrected chi connectivity index (χ0v) is 20.9. The third-order valence-corrected chi connectivity index (χ3v) is 5.83. The fourth-order valence-electron chi connectivity index (χ4n) is 3.75. The van der Waals surface area contributed by atoms with Crippen molar-refractivity contribution in [2.45, 2.75) is 45.6 Å². The van der Waals surface area contributed by atoms with E-state index in [1.54, 1.807) is 21.3 Å². The molecule has 0 heterocycles. The number of ether oxygens (including phenoxy) is 4. The van der Waals surface area contributed by atoms with Crippen LogP contribution in [0.2, 0.25) is 0 Å². The summed E-state index contributed by atoms with van der Waals surface area (Å²) in [5, 5.41) is 0. The molecular weight excluding hydrogens is 418 g/mol. The zero-order valence-electron chi connectivity index (χ0n) is 20.9. The number of hydrogen-bond donors (Lipinski definition) is 0. The maximum absolute atomic E-state index is 10.8. The summed E-state index contributed by atoms with van der Waals surface area (Å²) in [4.78, 5) is 13.1. The SMILES string of the molecule is COc1ccc(CCN(C)CCCC(Oc2ccc(CC=O)cc2OC)C(C)C)cc1OC. The van der Waals surface area contributed by atoms with Gasteiger partial charge in [0.1, 0.15) is 12.4 Å². The van der Waals surface area contributed by atoms with E-state index in [4.69, 9.17) is 18.9 Å². The van der Waals surface area contributed by atoms with Crippen molar-refractivity contribution in [3.63, 3.8) is 0 Å². The molecule has 0 spiro atoms. The van der Waals surface area contributed by atoms with Crippen LogP contribution in [0.15, 0.2) is 36.4 Å². The third-order valence-electron chi connectivity index (χ3n) is 5.83. The number of rotatable bonds is 15. The lowest BCUT2D eigenvalue weighted by molar-refractivity contribution is -0.107. The molecule has 0 saturated carbocycles. The molecule has 0 N–H and O–H groups in total. The van der Waals surface area contributed by atoms with Crippen molar-refractivity contribution in [3.05, 3.63) is 47.5 Å². The molecule has 0 bridgehead atoms. The van der Waals surface area contributed by atoms with Crippen molar-refractivity contribution in [1.29, 1.82) is 0 Å². The monoisotopic (exact) mass is 457 g/mol. The van der Waals surface area contributed by atoms with E-state index in [1.807, 2.05) is 30.3 Å². The molecule has 1 unspecified atom stereocenters. The molecule has 0 aliphatic heterocycles. The topological polar surface area (TPSA) is 57.2 Å². The number of methoxy groups -OCH3 is 3. The van der Waals surface area contributed by atoms with Crippen LogP contribution in [0.3, 0.4) is 0 Å². The minimum atomic E-state index is 0.0927. The summed E-state index contributed by atoms with van der Waals surface area (Å²) in [7, 11) is 7.10. The Morgan fingerprint density at radius 2 is 1.45 bits per heavy atom. The highest BCUT2D eigenvalue weighted by atomic mass is 16.5. The van der Waals surface area contributed by atoms with Crippen molar-refractivity contribution >= 4 is 6.29 Å². The second-order valence-electron chi connectivity index (χ2n) is 8.64. The van der Waals surface area contributed by atoms with Crippen LogP contribution in [-0.4, -0.2) is 58.8 Å². The van der Waals surface area contributed by atoms with Gasteiger partial charge >= 0.3 is 0 Å². The summed E-state index contributed by atoms with van der Waals surface area (Å²) < 4.78 is 22.5. The first-order chi connectivity index (χ1) is 15.9. The van der Waals surface area contributed by atoms with Gasteiger partial charge in [0.05, 0.1) is 21.3 Å². The Balaban J connectivity index is 1.86. The van der Waals surface area contributed by atoms with E-state index in [-0.39, 0.29) is 6.10 Å². The second-order valence-corrected chi connectivity index (χ2v) is 8.64. The lowest BCUT2D eigenvalue weighted by Gasteiger charge is -2.25. The van der Waals surface area contributed by atoms with Crippen LogP contribution in [0.4, 0.5) is 0 Å². The van der Waals surface area contributed by atoms with Crippen molar-refractivity contribution in [1.82, 2.24) is 4.90 Å². The standard InChI is InChI=1S/C27H39NO5/c1-20(2)23(33-25-12-10-22(14-17-29)19-27(25)32-6)8-7-15-28(3)16-13-21-9-11-24(30-4)26(18-21)31-5/h9-12,17-20,23H,7-8,13-16H2,1-6H3. The molecule has 0 fully saturated rings. The molecule has 0 saturated heterocycles. The highest BCUT2D eigenvalue weighted by Crippen LogP contribution is 2.31. The fraction of sp³-hybridized carbons (Fsp3) is 0.519. The van der Waals surface area contributed by atoms with Crippen molar-refractivity contribution in [2.24, 2.45) is 5.92 Å². The summed E-state index contributed by atoms with van der Waals surface area (Å²) in [6, 6.07) is 11.8. The Morgan fingerprint density at radius 3 is 2.09 bits per heavy atom. The van der Waals surface area contributed by atoms with Crippen LogP contribution >= 0.6 is 0 Å². The number of benzene rings is 2. The predicted octanol–water partition coefficient (Wildman–Crippen LogP) is 4.81. The molecule has 0 radical (unpaired) electrons. The average Bonchev–Trinajstić information content (AvgIpc) is 2.82. The zero-order chi connectivity index (χ0) is 24.2. The number of hydrogen-bond acceptors (Lipinski definition) is 6. The van der Waals surface area contributed by atoms with Gasteiger partial charge in [-0.2, -0.15) is 0 Å². The molecule has 182 valence electrons. The number of nitrogens with zero attached hydrogens (tertiary/aromatic N) is 1. The fourth-order valence-corrected chi connectivity index (χ4v) is 3.75. The maximum atomic E-state index is 10.8. The minimum absolute atomic E-state index is 0.0927. The van der Waals surface area contributed by atoms with Gasteiger partial charge in [0.25, 0.3) is 0 Å². The Hall–Kier alpha value is -2.73. The van der Waals surface area contributed by atoms with E-state index in [2.05, 4.69) is 31.9 Å². The smallest absolute Gasteiger partial charge is 0.161 e. The van der Waals surface area contributed by atoms with Gasteiger partial charge in [0.2, 0.25) is 0 Å². The summed E-state index contributed by atoms with van der Waals surface area (Å²) in [5.41, 5.74) is 2.15. The largest absolute Gasteiger partial charge is 0.493 e. The maximum Gasteiger partial charge on any atom is 0.161 e. The van der Waals surface area contributed by atoms with Gasteiger partial charge in [-0.15, -0.1) is 0 Å². The quantitative estimate of drug-likeness (QED) is 0.358. The summed E-state index contributed by atoms with van der Waals surface area (Å²) >= 11 is 0. The molecule has 2 aromatic carbocycles. The highest BCUT2D eigenvalue weighted by molar-refractivity contribution is 5.56. The van der Waals surface area contributed by atoms with E-state index in [0.717, 1.165) is 61.5 Å². The van der Waals surface area contributed by atoms with Gasteiger partial charge in [-0.05, 0) is 74.2 Å². The van der Waals surface area contributed by atoms with E-state index >= 15 is 0 Å². The molecule has 0 amide bonds. The van der Waals surface area contributed by atoms with Crippen LogP contribution in [0.5, 0.6) is 23.0 Å². The number of likely N-dealkylation sites (N-methyl/N-ethyl adjacent to an activating group) is 1.